The van der Waals surface area contributed by atoms with E-state index >= 15 is 0 Å². The summed E-state index contributed by atoms with van der Waals surface area (Å²) in [5.74, 6) is 0.193. The summed E-state index contributed by atoms with van der Waals surface area (Å²) >= 11 is 0. The minimum Gasteiger partial charge on any atom is -0.330 e. The molecule has 0 aliphatic heterocycles. The molecule has 1 aromatic carbocycles. The smallest absolute Gasteiger partial charge is 0.226 e. The second kappa shape index (κ2) is 7.17. The largest absolute Gasteiger partial charge is 0.330 e. The quantitative estimate of drug-likeness (QED) is 0.841. The van der Waals surface area contributed by atoms with Gasteiger partial charge in [0.25, 0.3) is 0 Å². The summed E-state index contributed by atoms with van der Waals surface area (Å²) in [6.45, 7) is 7.47. The van der Waals surface area contributed by atoms with Gasteiger partial charge in [-0.05, 0) is 44.9 Å². The lowest BCUT2D eigenvalue weighted by Gasteiger charge is -2.24. The molecule has 0 fully saturated rings. The van der Waals surface area contributed by atoms with Crippen molar-refractivity contribution in [2.24, 2.45) is 5.73 Å². The maximum atomic E-state index is 12.2. The van der Waals surface area contributed by atoms with Crippen molar-refractivity contribution in [3.05, 3.63) is 29.3 Å². The van der Waals surface area contributed by atoms with Gasteiger partial charge in [-0.25, -0.2) is 0 Å². The summed E-state index contributed by atoms with van der Waals surface area (Å²) < 4.78 is 0. The number of carbonyl (C=O) groups excluding carboxylic acids is 1. The Hall–Kier alpha value is -1.35. The summed E-state index contributed by atoms with van der Waals surface area (Å²) in [7, 11) is 0. The number of nitrogens with zero attached hydrogens (tertiary/aromatic N) is 1. The molecule has 100 valence electrons. The zero-order valence-electron chi connectivity index (χ0n) is 11.7. The normalized spacial score (nSPS) is 10.4. The molecule has 0 heterocycles. The van der Waals surface area contributed by atoms with Crippen molar-refractivity contribution in [3.63, 3.8) is 0 Å². The number of rotatable bonds is 6. The monoisotopic (exact) mass is 248 g/mol. The first-order valence-corrected chi connectivity index (χ1v) is 6.67. The number of anilines is 1. The molecule has 0 radical (unpaired) electrons. The standard InChI is InChI=1S/C15H24N2O/c1-4-6-15(18)17(10-5-9-16)14-8-7-12(2)11-13(14)3/h7-8,11H,4-6,9-10,16H2,1-3H3. The van der Waals surface area contributed by atoms with Gasteiger partial charge in [0, 0.05) is 18.7 Å². The van der Waals surface area contributed by atoms with Crippen molar-refractivity contribution in [1.82, 2.24) is 0 Å². The van der Waals surface area contributed by atoms with Crippen LogP contribution >= 0.6 is 0 Å². The Morgan fingerprint density at radius 3 is 2.61 bits per heavy atom. The maximum absolute atomic E-state index is 12.2. The second-order valence-electron chi connectivity index (χ2n) is 4.73. The SMILES string of the molecule is CCCC(=O)N(CCCN)c1ccc(C)cc1C. The zero-order chi connectivity index (χ0) is 13.5. The Morgan fingerprint density at radius 2 is 2.06 bits per heavy atom. The second-order valence-corrected chi connectivity index (χ2v) is 4.73. The lowest BCUT2D eigenvalue weighted by Crippen LogP contribution is -2.33. The van der Waals surface area contributed by atoms with Crippen LogP contribution < -0.4 is 10.6 Å². The highest BCUT2D eigenvalue weighted by molar-refractivity contribution is 5.94. The van der Waals surface area contributed by atoms with E-state index < -0.39 is 0 Å². The van der Waals surface area contributed by atoms with Gasteiger partial charge in [-0.1, -0.05) is 24.6 Å². The highest BCUT2D eigenvalue weighted by Gasteiger charge is 2.15. The molecule has 0 aromatic heterocycles. The average molecular weight is 248 g/mol. The molecule has 0 saturated carbocycles. The Bertz CT molecular complexity index is 401. The molecule has 0 atom stereocenters. The third-order valence-electron chi connectivity index (χ3n) is 2.99. The van der Waals surface area contributed by atoms with Crippen molar-refractivity contribution < 1.29 is 4.79 Å². The van der Waals surface area contributed by atoms with Crippen LogP contribution in [-0.2, 0) is 4.79 Å². The first-order valence-electron chi connectivity index (χ1n) is 6.67. The molecule has 1 rings (SSSR count). The fourth-order valence-electron chi connectivity index (χ4n) is 2.09. The molecule has 0 unspecified atom stereocenters. The van der Waals surface area contributed by atoms with Crippen LogP contribution in [0.25, 0.3) is 0 Å². The van der Waals surface area contributed by atoms with E-state index in [0.29, 0.717) is 19.5 Å². The molecule has 0 aliphatic rings. The van der Waals surface area contributed by atoms with Gasteiger partial charge in [-0.3, -0.25) is 4.79 Å². The molecule has 0 spiro atoms. The third-order valence-corrected chi connectivity index (χ3v) is 2.99. The molecule has 2 N–H and O–H groups in total. The van der Waals surface area contributed by atoms with E-state index in [-0.39, 0.29) is 5.91 Å². The minimum absolute atomic E-state index is 0.193. The van der Waals surface area contributed by atoms with Crippen LogP contribution in [0.3, 0.4) is 0 Å². The first kappa shape index (κ1) is 14.7. The van der Waals surface area contributed by atoms with E-state index in [9.17, 15) is 4.79 Å². The Kier molecular flexibility index (Phi) is 5.86. The lowest BCUT2D eigenvalue weighted by molar-refractivity contribution is -0.118. The molecular weight excluding hydrogens is 224 g/mol. The van der Waals surface area contributed by atoms with Crippen molar-refractivity contribution >= 4 is 11.6 Å². The summed E-state index contributed by atoms with van der Waals surface area (Å²) in [6, 6.07) is 6.20. The number of carbonyl (C=O) groups is 1. The molecular formula is C15H24N2O. The van der Waals surface area contributed by atoms with Crippen LogP contribution in [0.5, 0.6) is 0 Å². The summed E-state index contributed by atoms with van der Waals surface area (Å²) in [5, 5.41) is 0. The molecule has 3 nitrogen and oxygen atoms in total. The fraction of sp³-hybridized carbons (Fsp3) is 0.533. The number of benzene rings is 1. The van der Waals surface area contributed by atoms with E-state index in [2.05, 4.69) is 26.0 Å². The van der Waals surface area contributed by atoms with Gasteiger partial charge >= 0.3 is 0 Å². The highest BCUT2D eigenvalue weighted by Crippen LogP contribution is 2.22. The van der Waals surface area contributed by atoms with Gasteiger partial charge in [0.15, 0.2) is 0 Å². The van der Waals surface area contributed by atoms with Gasteiger partial charge in [0.2, 0.25) is 5.91 Å². The van der Waals surface area contributed by atoms with E-state index in [4.69, 9.17) is 5.73 Å². The summed E-state index contributed by atoms with van der Waals surface area (Å²) in [6.07, 6.45) is 2.31. The number of nitrogens with two attached hydrogens (primary N) is 1. The van der Waals surface area contributed by atoms with Crippen LogP contribution in [0.15, 0.2) is 18.2 Å². The average Bonchev–Trinajstić information content (AvgIpc) is 2.32. The molecule has 0 aliphatic carbocycles. The van der Waals surface area contributed by atoms with E-state index in [1.54, 1.807) is 0 Å². The van der Waals surface area contributed by atoms with Gasteiger partial charge in [-0.15, -0.1) is 0 Å². The van der Waals surface area contributed by atoms with Crippen molar-refractivity contribution in [2.45, 2.75) is 40.0 Å². The maximum Gasteiger partial charge on any atom is 0.226 e. The predicted octanol–water partition coefficient (Wildman–Crippen LogP) is 2.79. The molecule has 1 aromatic rings. The van der Waals surface area contributed by atoms with Crippen molar-refractivity contribution in [3.8, 4) is 0 Å². The first-order chi connectivity index (χ1) is 8.60. The molecule has 0 saturated heterocycles. The van der Waals surface area contributed by atoms with E-state index in [1.165, 1.54) is 5.56 Å². The van der Waals surface area contributed by atoms with Crippen LogP contribution in [0.4, 0.5) is 5.69 Å². The van der Waals surface area contributed by atoms with Crippen LogP contribution in [0, 0.1) is 13.8 Å². The highest BCUT2D eigenvalue weighted by atomic mass is 16.2. The third kappa shape index (κ3) is 3.84. The molecule has 1 amide bonds. The lowest BCUT2D eigenvalue weighted by atomic mass is 10.1. The number of hydrogen-bond donors (Lipinski definition) is 1. The number of amides is 1. The van der Waals surface area contributed by atoms with Crippen LogP contribution in [-0.4, -0.2) is 19.0 Å². The van der Waals surface area contributed by atoms with Gasteiger partial charge in [-0.2, -0.15) is 0 Å². The molecule has 0 bridgehead atoms. The summed E-state index contributed by atoms with van der Waals surface area (Å²) in [4.78, 5) is 14.1. The molecule has 18 heavy (non-hydrogen) atoms. The fourth-order valence-corrected chi connectivity index (χ4v) is 2.09. The Morgan fingerprint density at radius 1 is 1.33 bits per heavy atom. The van der Waals surface area contributed by atoms with Gasteiger partial charge in [0.05, 0.1) is 0 Å². The van der Waals surface area contributed by atoms with Gasteiger partial charge < -0.3 is 10.6 Å². The number of aryl methyl sites for hydroxylation is 2. The van der Waals surface area contributed by atoms with Crippen LogP contribution in [0.2, 0.25) is 0 Å². The van der Waals surface area contributed by atoms with E-state index in [0.717, 1.165) is 24.1 Å². The Balaban J connectivity index is 2.97. The Labute approximate surface area is 110 Å². The zero-order valence-corrected chi connectivity index (χ0v) is 11.7. The predicted molar refractivity (Wildman–Crippen MR) is 76.8 cm³/mol. The van der Waals surface area contributed by atoms with Crippen molar-refractivity contribution in [1.29, 1.82) is 0 Å². The number of hydrogen-bond acceptors (Lipinski definition) is 2. The van der Waals surface area contributed by atoms with Gasteiger partial charge in [0.1, 0.15) is 0 Å². The minimum atomic E-state index is 0.193. The summed E-state index contributed by atoms with van der Waals surface area (Å²) in [5.41, 5.74) is 8.94. The van der Waals surface area contributed by atoms with E-state index in [1.807, 2.05) is 17.9 Å². The topological polar surface area (TPSA) is 46.3 Å². The molecule has 3 heteroatoms. The van der Waals surface area contributed by atoms with Crippen molar-refractivity contribution in [2.75, 3.05) is 18.0 Å². The van der Waals surface area contributed by atoms with Crippen LogP contribution in [0.1, 0.15) is 37.3 Å².